The number of cyclic esters (lactones) is 1. The average molecular weight is 729 g/mol. The van der Waals surface area contributed by atoms with Crippen LogP contribution in [0.15, 0.2) is 85.0 Å². The Morgan fingerprint density at radius 1 is 0.962 bits per heavy atom. The van der Waals surface area contributed by atoms with Crippen molar-refractivity contribution in [3.05, 3.63) is 96.1 Å². The van der Waals surface area contributed by atoms with Crippen molar-refractivity contribution in [1.82, 2.24) is 20.0 Å². The second-order valence-electron chi connectivity index (χ2n) is 14.2. The molecule has 8 atom stereocenters. The molecule has 0 saturated carbocycles. The lowest BCUT2D eigenvalue weighted by atomic mass is 9.74. The number of ether oxygens (including phenoxy) is 4. The molecule has 5 aliphatic heterocycles. The van der Waals surface area contributed by atoms with E-state index in [-0.39, 0.29) is 31.4 Å². The van der Waals surface area contributed by atoms with Gasteiger partial charge in [0, 0.05) is 46.3 Å². The molecule has 0 unspecified atom stereocenters. The number of likely N-dealkylation sites (tertiary alicyclic amines) is 1. The summed E-state index contributed by atoms with van der Waals surface area (Å²) in [7, 11) is 1.51. The Kier molecular flexibility index (Phi) is 11.4. The van der Waals surface area contributed by atoms with Gasteiger partial charge in [0.05, 0.1) is 50.5 Å². The molecule has 3 fully saturated rings. The summed E-state index contributed by atoms with van der Waals surface area (Å²) in [4.78, 5) is 63.4. The van der Waals surface area contributed by atoms with Crippen molar-refractivity contribution < 1.29 is 43.2 Å². The number of rotatable bonds is 9. The molecule has 2 aromatic carbocycles. The van der Waals surface area contributed by atoms with E-state index in [9.17, 15) is 19.5 Å². The number of carbonyl (C=O) groups is 4. The number of methoxy groups -OCH3 is 1. The van der Waals surface area contributed by atoms with Gasteiger partial charge in [-0.05, 0) is 17.5 Å². The molecule has 3 amide bonds. The Balaban J connectivity index is 1.31. The number of morpholine rings is 1. The van der Waals surface area contributed by atoms with Gasteiger partial charge in [-0.2, -0.15) is 0 Å². The van der Waals surface area contributed by atoms with Crippen LogP contribution < -0.4 is 5.32 Å². The fourth-order valence-electron chi connectivity index (χ4n) is 8.50. The van der Waals surface area contributed by atoms with Gasteiger partial charge in [-0.25, -0.2) is 0 Å². The van der Waals surface area contributed by atoms with E-state index in [2.05, 4.69) is 10.2 Å². The molecule has 5 heterocycles. The molecule has 0 aliphatic carbocycles. The molecule has 7 rings (SSSR count). The number of esters is 1. The monoisotopic (exact) mass is 728 g/mol. The van der Waals surface area contributed by atoms with Crippen molar-refractivity contribution in [3.63, 3.8) is 0 Å². The molecule has 5 aliphatic rings. The number of hydrogen-bond acceptors (Lipinski definition) is 10. The van der Waals surface area contributed by atoms with Crippen molar-refractivity contribution in [2.75, 3.05) is 66.3 Å². The highest BCUT2D eigenvalue weighted by molar-refractivity contribution is 5.99. The highest BCUT2D eigenvalue weighted by Crippen LogP contribution is 2.57. The van der Waals surface area contributed by atoms with Gasteiger partial charge in [0.1, 0.15) is 23.7 Å². The van der Waals surface area contributed by atoms with Crippen molar-refractivity contribution in [3.8, 4) is 0 Å². The lowest BCUT2D eigenvalue weighted by Gasteiger charge is -2.39. The molecular weight excluding hydrogens is 680 g/mol. The molecule has 2 aromatic rings. The van der Waals surface area contributed by atoms with Gasteiger partial charge in [-0.1, -0.05) is 85.0 Å². The van der Waals surface area contributed by atoms with E-state index in [4.69, 9.17) is 18.9 Å². The number of hydrogen-bond donors (Lipinski definition) is 2. The molecule has 2 N–H and O–H groups in total. The number of allylic oxidation sites excluding steroid dienone is 1. The van der Waals surface area contributed by atoms with E-state index in [0.29, 0.717) is 43.9 Å². The zero-order valence-corrected chi connectivity index (χ0v) is 30.0. The molecule has 282 valence electrons. The van der Waals surface area contributed by atoms with Crippen LogP contribution in [0.3, 0.4) is 0 Å². The third-order valence-corrected chi connectivity index (χ3v) is 11.1. The molecule has 13 heteroatoms. The zero-order valence-electron chi connectivity index (χ0n) is 30.0. The van der Waals surface area contributed by atoms with Gasteiger partial charge < -0.3 is 39.2 Å². The summed E-state index contributed by atoms with van der Waals surface area (Å²) < 4.78 is 24.0. The number of nitrogens with zero attached hydrogens (tertiary/aromatic N) is 3. The Labute approximate surface area is 309 Å². The second kappa shape index (κ2) is 16.3. The number of aliphatic hydroxyl groups is 1. The molecule has 0 radical (unpaired) electrons. The van der Waals surface area contributed by atoms with Crippen molar-refractivity contribution in [1.29, 1.82) is 0 Å². The zero-order chi connectivity index (χ0) is 37.0. The third-order valence-electron chi connectivity index (χ3n) is 11.1. The van der Waals surface area contributed by atoms with Crippen molar-refractivity contribution in [2.24, 2.45) is 11.8 Å². The van der Waals surface area contributed by atoms with Crippen LogP contribution in [0.2, 0.25) is 0 Å². The number of amides is 3. The fourth-order valence-corrected chi connectivity index (χ4v) is 8.50. The molecule has 53 heavy (non-hydrogen) atoms. The normalized spacial score (nSPS) is 32.0. The number of fused-ring (bicyclic) bond motifs is 2. The van der Waals surface area contributed by atoms with Crippen LogP contribution >= 0.6 is 0 Å². The first kappa shape index (κ1) is 36.9. The molecule has 3 saturated heterocycles. The van der Waals surface area contributed by atoms with Crippen LogP contribution in [0.25, 0.3) is 0 Å². The summed E-state index contributed by atoms with van der Waals surface area (Å²) in [5, 5.41) is 13.9. The van der Waals surface area contributed by atoms with Crippen LogP contribution in [0.5, 0.6) is 0 Å². The summed E-state index contributed by atoms with van der Waals surface area (Å²) in [6, 6.07) is 15.4. The maximum absolute atomic E-state index is 15.2. The minimum atomic E-state index is -1.48. The highest BCUT2D eigenvalue weighted by atomic mass is 16.6. The summed E-state index contributed by atoms with van der Waals surface area (Å²) in [5.41, 5.74) is -0.190. The Morgan fingerprint density at radius 2 is 1.70 bits per heavy atom. The lowest BCUT2D eigenvalue weighted by molar-refractivity contribution is -0.163. The number of aliphatic hydroxyl groups excluding tert-OH is 1. The van der Waals surface area contributed by atoms with Crippen LogP contribution in [-0.4, -0.2) is 134 Å². The van der Waals surface area contributed by atoms with Crippen molar-refractivity contribution >= 4 is 23.7 Å². The van der Waals surface area contributed by atoms with Crippen LogP contribution in [0.1, 0.15) is 36.1 Å². The fraction of sp³-hybridized carbons (Fsp3) is 0.500. The molecule has 5 bridgehead atoms. The predicted molar refractivity (Wildman–Crippen MR) is 192 cm³/mol. The van der Waals surface area contributed by atoms with Gasteiger partial charge in [-0.3, -0.25) is 24.1 Å². The number of benzene rings is 2. The lowest BCUT2D eigenvalue weighted by Crippen LogP contribution is -2.57. The summed E-state index contributed by atoms with van der Waals surface area (Å²) >= 11 is 0. The SMILES string of the molecule is COC[C@H]1NC(=O)CC/C=C\CN(CCN2CCOCC2)C(=O)[C@@H]2N([C@H](CO)c3ccccc3)C(=O)[C@H]3[C@H](C(=O)O[C@@H]1c1ccccc1)[C@@H]1C=C[C@]23O1. The van der Waals surface area contributed by atoms with E-state index < -0.39 is 66.3 Å². The Bertz CT molecular complexity index is 1680. The summed E-state index contributed by atoms with van der Waals surface area (Å²) in [6.07, 6.45) is 6.05. The number of carbonyl (C=O) groups excluding carboxylic acids is 4. The Hall–Kier alpha value is -4.40. The van der Waals surface area contributed by atoms with Gasteiger partial charge in [0.25, 0.3) is 0 Å². The van der Waals surface area contributed by atoms with E-state index in [0.717, 1.165) is 13.1 Å². The van der Waals surface area contributed by atoms with E-state index in [1.165, 1.54) is 12.0 Å². The predicted octanol–water partition coefficient (Wildman–Crippen LogP) is 1.80. The van der Waals surface area contributed by atoms with Gasteiger partial charge in [0.15, 0.2) is 0 Å². The van der Waals surface area contributed by atoms with E-state index in [1.54, 1.807) is 17.1 Å². The molecule has 0 aromatic heterocycles. The minimum absolute atomic E-state index is 0.0585. The second-order valence-corrected chi connectivity index (χ2v) is 14.2. The van der Waals surface area contributed by atoms with Crippen LogP contribution in [0, 0.1) is 11.8 Å². The smallest absolute Gasteiger partial charge is 0.313 e. The summed E-state index contributed by atoms with van der Waals surface area (Å²) in [5.74, 6) is -3.95. The quantitative estimate of drug-likeness (QED) is 0.290. The maximum atomic E-state index is 15.2. The molecule has 13 nitrogen and oxygen atoms in total. The van der Waals surface area contributed by atoms with Crippen LogP contribution in [0.4, 0.5) is 0 Å². The first-order valence-electron chi connectivity index (χ1n) is 18.5. The Morgan fingerprint density at radius 3 is 2.42 bits per heavy atom. The van der Waals surface area contributed by atoms with Crippen molar-refractivity contribution in [2.45, 2.75) is 48.8 Å². The number of nitrogens with one attached hydrogen (secondary N) is 1. The summed E-state index contributed by atoms with van der Waals surface area (Å²) in [6.45, 7) is 3.45. The first-order valence-corrected chi connectivity index (χ1v) is 18.5. The van der Waals surface area contributed by atoms with Crippen LogP contribution in [-0.2, 0) is 38.1 Å². The standard InChI is InChI=1S/C40H48N4O9/c1-50-26-29-35(28-13-7-3-8-14-28)52-39(49)33-31-16-17-40(53-31)34(33)37(47)44(30(25-45)27-11-5-2-6-12-27)36(40)38(48)43(18-10-4-9-15-32(46)41-29)20-19-42-21-23-51-24-22-42/h2-8,10-14,16-17,29-31,33-36,45H,9,15,18-26H2,1H3,(H,41,46)/b10-4-/t29-,30-,31+,33-,34-,35-,36+,40-/m1/s1. The largest absolute Gasteiger partial charge is 0.455 e. The highest BCUT2D eigenvalue weighted by Gasteiger charge is 2.74. The van der Waals surface area contributed by atoms with Gasteiger partial charge >= 0.3 is 5.97 Å². The van der Waals surface area contributed by atoms with E-state index in [1.807, 2.05) is 72.8 Å². The molecule has 1 spiro atoms. The maximum Gasteiger partial charge on any atom is 0.313 e. The third kappa shape index (κ3) is 7.28. The van der Waals surface area contributed by atoms with Gasteiger partial charge in [0.2, 0.25) is 17.7 Å². The van der Waals surface area contributed by atoms with E-state index >= 15 is 4.79 Å². The first-order chi connectivity index (χ1) is 25.9. The van der Waals surface area contributed by atoms with Gasteiger partial charge in [-0.15, -0.1) is 0 Å². The molecular formula is C40H48N4O9. The average Bonchev–Trinajstić information content (AvgIpc) is 3.83. The minimum Gasteiger partial charge on any atom is -0.455 e. The topological polar surface area (TPSA) is 147 Å².